The lowest BCUT2D eigenvalue weighted by atomic mass is 10.0. The second kappa shape index (κ2) is 76.1. The number of hydrogen-bond donors (Lipinski definition) is 0. The highest BCUT2D eigenvalue weighted by Gasteiger charge is 2.22. The maximum atomic E-state index is 13.0. The van der Waals surface area contributed by atoms with Crippen molar-refractivity contribution in [2.24, 2.45) is 0 Å². The van der Waals surface area contributed by atoms with E-state index in [1.165, 1.54) is 398 Å². The molecular formula is C84H165NO8. The van der Waals surface area contributed by atoms with Crippen molar-refractivity contribution in [3.63, 3.8) is 0 Å². The quantitative estimate of drug-likeness (QED) is 0.0256. The molecule has 9 nitrogen and oxygen atoms in total. The average molecular weight is 1320 g/mol. The molecule has 0 aromatic heterocycles. The lowest BCUT2D eigenvalue weighted by Crippen LogP contribution is -2.44. The van der Waals surface area contributed by atoms with Gasteiger partial charge in [-0.1, -0.05) is 438 Å². The number of ether oxygens (including phenoxy) is 4. The maximum Gasteiger partial charge on any atom is 0.306 e. The van der Waals surface area contributed by atoms with E-state index >= 15 is 0 Å². The van der Waals surface area contributed by atoms with Crippen LogP contribution in [-0.2, 0) is 33.3 Å². The van der Waals surface area contributed by atoms with Crippen molar-refractivity contribution >= 4 is 17.9 Å². The highest BCUT2D eigenvalue weighted by Crippen LogP contribution is 2.21. The molecule has 0 radical (unpaired) electrons. The number of rotatable bonds is 81. The van der Waals surface area contributed by atoms with E-state index in [1.54, 1.807) is 0 Å². The lowest BCUT2D eigenvalue weighted by molar-refractivity contribution is -0.870. The van der Waals surface area contributed by atoms with E-state index in [0.29, 0.717) is 17.4 Å². The SMILES string of the molecule is CCCCCCCCCCCCCCCCCCCCCCCCCCCCCCCCCCCCCCCCCCC(=O)OC(COC(=O)CCCCCCCCCCCCCCCCCCCCCCCCCCCCCC)COC(OCC[N+](C)(C)C)C(=O)[O-]. The molecule has 2 unspecified atom stereocenters. The summed E-state index contributed by atoms with van der Waals surface area (Å²) in [7, 11) is 5.96. The third-order valence-corrected chi connectivity index (χ3v) is 19.9. The van der Waals surface area contributed by atoms with Crippen molar-refractivity contribution in [1.82, 2.24) is 0 Å². The first kappa shape index (κ1) is 91.3. The van der Waals surface area contributed by atoms with Crippen LogP contribution >= 0.6 is 0 Å². The first-order valence-corrected chi connectivity index (χ1v) is 42.2. The molecule has 2 atom stereocenters. The first-order valence-electron chi connectivity index (χ1n) is 42.2. The molecule has 9 heteroatoms. The Labute approximate surface area is 581 Å². The van der Waals surface area contributed by atoms with Gasteiger partial charge in [-0.15, -0.1) is 0 Å². The third kappa shape index (κ3) is 77.5. The fraction of sp³-hybridized carbons (Fsp3) is 0.964. The topological polar surface area (TPSA) is 111 Å². The number of likely N-dealkylation sites (N-methyl/N-ethyl adjacent to an activating group) is 1. The zero-order valence-corrected chi connectivity index (χ0v) is 63.7. The summed E-state index contributed by atoms with van der Waals surface area (Å²) in [5.41, 5.74) is 0. The van der Waals surface area contributed by atoms with Crippen LogP contribution in [0.5, 0.6) is 0 Å². The second-order valence-corrected chi connectivity index (χ2v) is 30.5. The molecule has 0 saturated carbocycles. The fourth-order valence-electron chi connectivity index (χ4n) is 13.4. The normalized spacial score (nSPS) is 12.5. The summed E-state index contributed by atoms with van der Waals surface area (Å²) in [6.07, 6.45) is 91.2. The number of quaternary nitrogens is 1. The Morgan fingerprint density at radius 3 is 0.688 bits per heavy atom. The summed E-state index contributed by atoms with van der Waals surface area (Å²) in [6, 6.07) is 0. The molecular weight excluding hydrogens is 1150 g/mol. The van der Waals surface area contributed by atoms with Crippen LogP contribution in [0, 0.1) is 0 Å². The van der Waals surface area contributed by atoms with Gasteiger partial charge in [-0.25, -0.2) is 0 Å². The predicted molar refractivity (Wildman–Crippen MR) is 399 cm³/mol. The van der Waals surface area contributed by atoms with Crippen molar-refractivity contribution in [2.75, 3.05) is 47.5 Å². The molecule has 0 spiro atoms. The van der Waals surface area contributed by atoms with E-state index in [1.807, 2.05) is 21.1 Å². The highest BCUT2D eigenvalue weighted by atomic mass is 16.7. The summed E-state index contributed by atoms with van der Waals surface area (Å²) in [5.74, 6) is -2.24. The summed E-state index contributed by atoms with van der Waals surface area (Å²) in [6.45, 7) is 4.86. The van der Waals surface area contributed by atoms with Crippen LogP contribution in [-0.4, -0.2) is 82.3 Å². The number of nitrogens with zero attached hydrogens (tertiary/aromatic N) is 1. The third-order valence-electron chi connectivity index (χ3n) is 19.9. The average Bonchev–Trinajstić information content (AvgIpc) is 3.64. The molecule has 0 bridgehead atoms. The standard InChI is InChI=1S/C84H165NO8/c1-6-8-10-12-14-16-18-20-22-24-26-28-30-32-34-36-37-38-39-40-41-42-43-44-45-46-47-49-51-53-55-57-59-61-63-65-67-69-71-73-75-82(87)93-80(79-92-84(83(88)89)90-77-76-85(3,4)5)78-91-81(86)74-72-70-68-66-64-62-60-58-56-54-52-50-48-35-33-31-29-27-25-23-21-19-17-15-13-11-9-7-2/h80,84H,6-79H2,1-5H3. The number of carboxylic acid groups (broad SMARTS) is 1. The van der Waals surface area contributed by atoms with Gasteiger partial charge < -0.3 is 33.3 Å². The zero-order valence-electron chi connectivity index (χ0n) is 63.7. The first-order chi connectivity index (χ1) is 45.6. The summed E-state index contributed by atoms with van der Waals surface area (Å²) in [4.78, 5) is 37.6. The van der Waals surface area contributed by atoms with Gasteiger partial charge >= 0.3 is 11.9 Å². The van der Waals surface area contributed by atoms with Crippen molar-refractivity contribution in [2.45, 2.75) is 476 Å². The van der Waals surface area contributed by atoms with Crippen molar-refractivity contribution in [3.05, 3.63) is 0 Å². The molecule has 0 aromatic rings. The van der Waals surface area contributed by atoms with Crippen LogP contribution in [0.25, 0.3) is 0 Å². The molecule has 0 aliphatic heterocycles. The van der Waals surface area contributed by atoms with Crippen LogP contribution in [0.2, 0.25) is 0 Å². The van der Waals surface area contributed by atoms with E-state index in [4.69, 9.17) is 18.9 Å². The van der Waals surface area contributed by atoms with Crippen LogP contribution in [0.3, 0.4) is 0 Å². The molecule has 0 aliphatic carbocycles. The molecule has 0 amide bonds. The summed E-state index contributed by atoms with van der Waals surface area (Å²) >= 11 is 0. The minimum absolute atomic E-state index is 0.154. The Morgan fingerprint density at radius 1 is 0.280 bits per heavy atom. The van der Waals surface area contributed by atoms with Crippen LogP contribution in [0.15, 0.2) is 0 Å². The number of esters is 2. The molecule has 93 heavy (non-hydrogen) atoms. The van der Waals surface area contributed by atoms with Gasteiger partial charge in [-0.05, 0) is 12.8 Å². The number of hydrogen-bond acceptors (Lipinski definition) is 8. The van der Waals surface area contributed by atoms with E-state index in [0.717, 1.165) is 38.5 Å². The van der Waals surface area contributed by atoms with Crippen molar-refractivity contribution in [3.8, 4) is 0 Å². The largest absolute Gasteiger partial charge is 0.545 e. The number of aliphatic carboxylic acids is 1. The van der Waals surface area contributed by atoms with Gasteiger partial charge in [0.2, 0.25) is 0 Å². The zero-order chi connectivity index (χ0) is 67.5. The lowest BCUT2D eigenvalue weighted by Gasteiger charge is -2.26. The molecule has 0 aliphatic rings. The van der Waals surface area contributed by atoms with E-state index < -0.39 is 24.3 Å². The summed E-state index contributed by atoms with van der Waals surface area (Å²) in [5, 5.41) is 11.9. The second-order valence-electron chi connectivity index (χ2n) is 30.5. The van der Waals surface area contributed by atoms with Crippen molar-refractivity contribution < 1.29 is 42.9 Å². The van der Waals surface area contributed by atoms with E-state index in [2.05, 4.69) is 13.8 Å². The highest BCUT2D eigenvalue weighted by molar-refractivity contribution is 5.70. The number of carboxylic acids is 1. The minimum atomic E-state index is -1.62. The van der Waals surface area contributed by atoms with Crippen LogP contribution in [0.1, 0.15) is 463 Å². The number of carbonyl (C=O) groups is 3. The monoisotopic (exact) mass is 1320 g/mol. The number of carbonyl (C=O) groups excluding carboxylic acids is 3. The van der Waals surface area contributed by atoms with Gasteiger partial charge in [0.1, 0.15) is 13.2 Å². The van der Waals surface area contributed by atoms with Gasteiger partial charge in [-0.3, -0.25) is 9.59 Å². The van der Waals surface area contributed by atoms with E-state index in [-0.39, 0.29) is 32.2 Å². The van der Waals surface area contributed by atoms with Gasteiger partial charge in [0.15, 0.2) is 12.4 Å². The maximum absolute atomic E-state index is 13.0. The van der Waals surface area contributed by atoms with Crippen molar-refractivity contribution in [1.29, 1.82) is 0 Å². The van der Waals surface area contributed by atoms with Gasteiger partial charge in [0.25, 0.3) is 0 Å². The predicted octanol–water partition coefficient (Wildman–Crippen LogP) is 25.6. The summed E-state index contributed by atoms with van der Waals surface area (Å²) < 4.78 is 22.9. The molecule has 554 valence electrons. The van der Waals surface area contributed by atoms with Crippen LogP contribution < -0.4 is 5.11 Å². The molecule has 0 N–H and O–H groups in total. The van der Waals surface area contributed by atoms with Gasteiger partial charge in [-0.2, -0.15) is 0 Å². The smallest absolute Gasteiger partial charge is 0.306 e. The Balaban J connectivity index is 3.89. The molecule has 0 saturated heterocycles. The Hall–Kier alpha value is -1.71. The van der Waals surface area contributed by atoms with Gasteiger partial charge in [0.05, 0.1) is 40.3 Å². The molecule has 0 heterocycles. The molecule has 0 fully saturated rings. The Bertz CT molecular complexity index is 1480. The van der Waals surface area contributed by atoms with E-state index in [9.17, 15) is 19.5 Å². The Morgan fingerprint density at radius 2 is 0.484 bits per heavy atom. The molecule has 0 aromatic carbocycles. The minimum Gasteiger partial charge on any atom is -0.545 e. The van der Waals surface area contributed by atoms with Gasteiger partial charge in [0, 0.05) is 12.8 Å². The Kier molecular flexibility index (Phi) is 74.7. The van der Waals surface area contributed by atoms with Crippen LogP contribution in [0.4, 0.5) is 0 Å². The number of unbranched alkanes of at least 4 members (excludes halogenated alkanes) is 66. The fourth-order valence-corrected chi connectivity index (χ4v) is 13.4. The molecule has 0 rings (SSSR count).